The molecule has 3 nitrogen and oxygen atoms in total. The van der Waals surface area contributed by atoms with Crippen LogP contribution in [0.25, 0.3) is 0 Å². The van der Waals surface area contributed by atoms with Gasteiger partial charge in [-0.3, -0.25) is 0 Å². The van der Waals surface area contributed by atoms with Crippen molar-refractivity contribution < 1.29 is 25.8 Å². The van der Waals surface area contributed by atoms with Crippen LogP contribution in [0, 0.1) is 0 Å². The van der Waals surface area contributed by atoms with Crippen LogP contribution in [0.15, 0.2) is 18.2 Å². The maximum atomic E-state index is 12.5. The van der Waals surface area contributed by atoms with Gasteiger partial charge in [0.1, 0.15) is 5.75 Å². The molecule has 1 aromatic rings. The number of benzene rings is 1. The van der Waals surface area contributed by atoms with Gasteiger partial charge in [-0.2, -0.15) is 21.6 Å². The molecular formula is C13H17F3O3S. The Bertz CT molecular complexity index is 549. The van der Waals surface area contributed by atoms with Crippen LogP contribution in [0.1, 0.15) is 50.7 Å². The van der Waals surface area contributed by atoms with Gasteiger partial charge in [-0.15, -0.1) is 0 Å². The topological polar surface area (TPSA) is 43.4 Å². The van der Waals surface area contributed by atoms with Crippen LogP contribution in [-0.4, -0.2) is 13.9 Å². The quantitative estimate of drug-likeness (QED) is 0.619. The molecule has 114 valence electrons. The first-order valence-electron chi connectivity index (χ1n) is 6.11. The number of alkyl halides is 3. The fraction of sp³-hybridized carbons (Fsp3) is 0.538. The molecule has 0 saturated heterocycles. The zero-order valence-electron chi connectivity index (χ0n) is 11.7. The molecule has 0 aromatic heterocycles. The van der Waals surface area contributed by atoms with Gasteiger partial charge in [0.05, 0.1) is 0 Å². The molecule has 0 heterocycles. The zero-order chi connectivity index (χ0) is 15.7. The Labute approximate surface area is 116 Å². The van der Waals surface area contributed by atoms with Crippen molar-refractivity contribution in [1.82, 2.24) is 0 Å². The highest BCUT2D eigenvalue weighted by Gasteiger charge is 2.49. The standard InChI is InChI=1S/C13H17F3O3S/c1-8(2)10-6-5-7-11(9(3)4)12(10)19-20(17,18)13(14,15)16/h5-9H,1-4H3. The number of para-hydroxylation sites is 1. The lowest BCUT2D eigenvalue weighted by Gasteiger charge is -2.19. The highest BCUT2D eigenvalue weighted by molar-refractivity contribution is 7.88. The summed E-state index contributed by atoms with van der Waals surface area (Å²) in [4.78, 5) is 0. The molecule has 0 unspecified atom stereocenters. The first kappa shape index (κ1) is 16.8. The smallest absolute Gasteiger partial charge is 0.375 e. The summed E-state index contributed by atoms with van der Waals surface area (Å²) in [6.07, 6.45) is 0. The van der Waals surface area contributed by atoms with Gasteiger partial charge in [0, 0.05) is 0 Å². The number of halogens is 3. The Balaban J connectivity index is 3.43. The highest BCUT2D eigenvalue weighted by atomic mass is 32.2. The van der Waals surface area contributed by atoms with Gasteiger partial charge in [-0.25, -0.2) is 0 Å². The van der Waals surface area contributed by atoms with Crippen LogP contribution in [0.2, 0.25) is 0 Å². The SMILES string of the molecule is CC(C)c1cccc(C(C)C)c1OS(=O)(=O)C(F)(F)F. The molecule has 1 rings (SSSR count). The Morgan fingerprint density at radius 1 is 1.00 bits per heavy atom. The Kier molecular flexibility index (Phi) is 4.74. The fourth-order valence-corrected chi connectivity index (χ4v) is 2.24. The molecule has 0 aliphatic carbocycles. The summed E-state index contributed by atoms with van der Waals surface area (Å²) < 4.78 is 64.3. The minimum Gasteiger partial charge on any atom is -0.375 e. The lowest BCUT2D eigenvalue weighted by atomic mass is 9.94. The third kappa shape index (κ3) is 3.45. The van der Waals surface area contributed by atoms with E-state index >= 15 is 0 Å². The maximum Gasteiger partial charge on any atom is 0.534 e. The second-order valence-corrected chi connectivity index (χ2v) is 6.60. The lowest BCUT2D eigenvalue weighted by Crippen LogP contribution is -2.29. The summed E-state index contributed by atoms with van der Waals surface area (Å²) in [5, 5.41) is 0. The van der Waals surface area contributed by atoms with E-state index in [0.717, 1.165) is 0 Å². The van der Waals surface area contributed by atoms with Crippen LogP contribution in [0.3, 0.4) is 0 Å². The molecule has 0 spiro atoms. The fourth-order valence-electron chi connectivity index (χ4n) is 1.74. The van der Waals surface area contributed by atoms with Gasteiger partial charge in [0.25, 0.3) is 0 Å². The molecule has 0 aliphatic heterocycles. The molecule has 0 radical (unpaired) electrons. The van der Waals surface area contributed by atoms with E-state index in [1.165, 1.54) is 0 Å². The van der Waals surface area contributed by atoms with E-state index in [4.69, 9.17) is 0 Å². The van der Waals surface area contributed by atoms with Crippen molar-refractivity contribution in [3.8, 4) is 5.75 Å². The maximum absolute atomic E-state index is 12.5. The van der Waals surface area contributed by atoms with Crippen LogP contribution >= 0.6 is 0 Å². The van der Waals surface area contributed by atoms with E-state index in [-0.39, 0.29) is 17.6 Å². The third-order valence-corrected chi connectivity index (χ3v) is 3.75. The van der Waals surface area contributed by atoms with Crippen molar-refractivity contribution in [3.63, 3.8) is 0 Å². The van der Waals surface area contributed by atoms with E-state index in [1.807, 2.05) is 0 Å². The largest absolute Gasteiger partial charge is 0.534 e. The summed E-state index contributed by atoms with van der Waals surface area (Å²) in [6.45, 7) is 7.03. The average molecular weight is 310 g/mol. The van der Waals surface area contributed by atoms with Crippen molar-refractivity contribution in [1.29, 1.82) is 0 Å². The summed E-state index contributed by atoms with van der Waals surface area (Å²) in [6, 6.07) is 4.81. The number of rotatable bonds is 4. The zero-order valence-corrected chi connectivity index (χ0v) is 12.5. The normalized spacial score (nSPS) is 13.1. The third-order valence-electron chi connectivity index (χ3n) is 2.80. The van der Waals surface area contributed by atoms with Crippen molar-refractivity contribution in [2.24, 2.45) is 0 Å². The molecular weight excluding hydrogens is 293 g/mol. The van der Waals surface area contributed by atoms with Crippen molar-refractivity contribution >= 4 is 10.1 Å². The summed E-state index contributed by atoms with van der Waals surface area (Å²) in [5.41, 5.74) is -4.57. The number of hydrogen-bond acceptors (Lipinski definition) is 3. The monoisotopic (exact) mass is 310 g/mol. The molecule has 0 fully saturated rings. The van der Waals surface area contributed by atoms with Crippen LogP contribution in [-0.2, 0) is 10.1 Å². The van der Waals surface area contributed by atoms with E-state index in [0.29, 0.717) is 11.1 Å². The van der Waals surface area contributed by atoms with Crippen molar-refractivity contribution in [2.75, 3.05) is 0 Å². The van der Waals surface area contributed by atoms with Crippen LogP contribution < -0.4 is 4.18 Å². The summed E-state index contributed by atoms with van der Waals surface area (Å²) in [7, 11) is -5.66. The van der Waals surface area contributed by atoms with Gasteiger partial charge < -0.3 is 4.18 Å². The van der Waals surface area contributed by atoms with E-state index < -0.39 is 15.6 Å². The highest BCUT2D eigenvalue weighted by Crippen LogP contribution is 2.37. The molecule has 7 heteroatoms. The number of hydrogen-bond donors (Lipinski definition) is 0. The molecule has 0 aliphatic rings. The molecule has 0 N–H and O–H groups in total. The van der Waals surface area contributed by atoms with Crippen molar-refractivity contribution in [2.45, 2.75) is 45.0 Å². The van der Waals surface area contributed by atoms with Gasteiger partial charge >= 0.3 is 15.6 Å². The van der Waals surface area contributed by atoms with Gasteiger partial charge in [-0.05, 0) is 23.0 Å². The molecule has 0 bridgehead atoms. The van der Waals surface area contributed by atoms with Gasteiger partial charge in [0.2, 0.25) is 0 Å². The minimum atomic E-state index is -5.66. The molecule has 0 saturated carbocycles. The second-order valence-electron chi connectivity index (χ2n) is 5.06. The molecule has 0 atom stereocenters. The van der Waals surface area contributed by atoms with Crippen molar-refractivity contribution in [3.05, 3.63) is 29.3 Å². The van der Waals surface area contributed by atoms with E-state index in [2.05, 4.69) is 4.18 Å². The Hall–Kier alpha value is -1.24. The predicted octanol–water partition coefficient (Wildman–Crippen LogP) is 4.16. The molecule has 1 aromatic carbocycles. The van der Waals surface area contributed by atoms with E-state index in [9.17, 15) is 21.6 Å². The predicted molar refractivity (Wildman–Crippen MR) is 70.2 cm³/mol. The lowest BCUT2D eigenvalue weighted by molar-refractivity contribution is -0.0500. The first-order chi connectivity index (χ1) is 8.97. The van der Waals surface area contributed by atoms with Crippen LogP contribution in [0.5, 0.6) is 5.75 Å². The van der Waals surface area contributed by atoms with Crippen LogP contribution in [0.4, 0.5) is 13.2 Å². The van der Waals surface area contributed by atoms with Gasteiger partial charge in [0.15, 0.2) is 0 Å². The molecule has 0 amide bonds. The summed E-state index contributed by atoms with van der Waals surface area (Å²) >= 11 is 0. The summed E-state index contributed by atoms with van der Waals surface area (Å²) in [5.74, 6) is -0.533. The van der Waals surface area contributed by atoms with E-state index in [1.54, 1.807) is 45.9 Å². The second kappa shape index (κ2) is 5.63. The van der Waals surface area contributed by atoms with Gasteiger partial charge in [-0.1, -0.05) is 45.9 Å². The Morgan fingerprint density at radius 2 is 1.40 bits per heavy atom. The first-order valence-corrected chi connectivity index (χ1v) is 7.51. The minimum absolute atomic E-state index is 0.160. The Morgan fingerprint density at radius 3 is 1.70 bits per heavy atom. The molecule has 20 heavy (non-hydrogen) atoms. The average Bonchev–Trinajstić information content (AvgIpc) is 2.26.